The molecule has 0 spiro atoms. The summed E-state index contributed by atoms with van der Waals surface area (Å²) in [6.45, 7) is 1.54. The van der Waals surface area contributed by atoms with Crippen LogP contribution < -0.4 is 11.4 Å². The van der Waals surface area contributed by atoms with Crippen LogP contribution in [0, 0.1) is 6.92 Å². The van der Waals surface area contributed by atoms with Crippen molar-refractivity contribution >= 4 is 28.3 Å². The van der Waals surface area contributed by atoms with E-state index >= 15 is 0 Å². The molecule has 1 aromatic carbocycles. The van der Waals surface area contributed by atoms with Crippen LogP contribution in [-0.4, -0.2) is 19.6 Å². The van der Waals surface area contributed by atoms with Crippen molar-refractivity contribution in [2.24, 2.45) is 0 Å². The third-order valence-corrected chi connectivity index (χ3v) is 3.68. The van der Waals surface area contributed by atoms with Crippen molar-refractivity contribution in [1.29, 1.82) is 0 Å². The molecule has 0 bridgehead atoms. The first-order valence-corrected chi connectivity index (χ1v) is 6.94. The summed E-state index contributed by atoms with van der Waals surface area (Å²) in [4.78, 5) is 20.4. The molecule has 2 heterocycles. The molecule has 0 saturated heterocycles. The second-order valence-electron chi connectivity index (χ2n) is 4.84. The van der Waals surface area contributed by atoms with Gasteiger partial charge in [-0.1, -0.05) is 11.6 Å². The molecule has 7 heteroatoms. The van der Waals surface area contributed by atoms with Crippen LogP contribution in [0.2, 0.25) is 5.02 Å². The van der Waals surface area contributed by atoms with Gasteiger partial charge in [-0.3, -0.25) is 9.55 Å². The zero-order chi connectivity index (χ0) is 15.9. The highest BCUT2D eigenvalue weighted by molar-refractivity contribution is 6.31. The number of rotatable bonds is 2. The Balaban J connectivity index is 2.53. The maximum Gasteiger partial charge on any atom is 0.354 e. The topological polar surface area (TPSA) is 94.0 Å². The number of aromatic nitrogens is 3. The molecule has 0 saturated carbocycles. The number of nitrogen functional groups attached to an aromatic ring is 1. The van der Waals surface area contributed by atoms with Crippen LogP contribution in [-0.2, 0) is 6.61 Å². The Labute approximate surface area is 130 Å². The van der Waals surface area contributed by atoms with Gasteiger partial charge in [0.05, 0.1) is 23.5 Å². The lowest BCUT2D eigenvalue weighted by atomic mass is 10.1. The van der Waals surface area contributed by atoms with Gasteiger partial charge in [-0.2, -0.15) is 4.98 Å². The first kappa shape index (κ1) is 14.5. The van der Waals surface area contributed by atoms with Crippen LogP contribution in [0.1, 0.15) is 11.3 Å². The van der Waals surface area contributed by atoms with Crippen molar-refractivity contribution in [1.82, 2.24) is 14.5 Å². The van der Waals surface area contributed by atoms with Crippen LogP contribution in [0.4, 0.5) is 5.82 Å². The molecular weight excluding hydrogens is 304 g/mol. The molecular formula is C15H13ClN4O2. The predicted octanol–water partition coefficient (Wildman–Crippen LogP) is 1.82. The van der Waals surface area contributed by atoms with E-state index in [1.54, 1.807) is 37.4 Å². The number of nitrogens with two attached hydrogens (primary N) is 1. The van der Waals surface area contributed by atoms with E-state index < -0.39 is 5.69 Å². The molecule has 0 fully saturated rings. The maximum atomic E-state index is 12.4. The summed E-state index contributed by atoms with van der Waals surface area (Å²) in [6, 6.07) is 6.73. The van der Waals surface area contributed by atoms with E-state index in [1.165, 1.54) is 4.57 Å². The molecule has 2 aromatic heterocycles. The predicted molar refractivity (Wildman–Crippen MR) is 85.2 cm³/mol. The molecule has 0 amide bonds. The normalized spacial score (nSPS) is 11.0. The van der Waals surface area contributed by atoms with Gasteiger partial charge in [0.2, 0.25) is 0 Å². The number of hydrogen-bond acceptors (Lipinski definition) is 5. The fourth-order valence-electron chi connectivity index (χ4n) is 2.50. The molecule has 0 atom stereocenters. The van der Waals surface area contributed by atoms with Gasteiger partial charge in [-0.15, -0.1) is 0 Å². The lowest BCUT2D eigenvalue weighted by molar-refractivity contribution is 0.283. The molecule has 112 valence electrons. The second kappa shape index (κ2) is 5.40. The monoisotopic (exact) mass is 316 g/mol. The summed E-state index contributed by atoms with van der Waals surface area (Å²) < 4.78 is 1.40. The van der Waals surface area contributed by atoms with E-state index in [1.807, 2.05) is 0 Å². The van der Waals surface area contributed by atoms with E-state index in [-0.39, 0.29) is 12.4 Å². The van der Waals surface area contributed by atoms with Crippen molar-refractivity contribution in [2.45, 2.75) is 13.5 Å². The average molecular weight is 317 g/mol. The minimum atomic E-state index is -0.521. The summed E-state index contributed by atoms with van der Waals surface area (Å²) in [5.74, 6) is 0.0681. The smallest absolute Gasteiger partial charge is 0.354 e. The lowest BCUT2D eigenvalue weighted by Crippen LogP contribution is -2.24. The largest absolute Gasteiger partial charge is 0.392 e. The third kappa shape index (κ3) is 2.22. The Kier molecular flexibility index (Phi) is 3.56. The number of hydrogen-bond donors (Lipinski definition) is 2. The highest BCUT2D eigenvalue weighted by atomic mass is 35.5. The first-order chi connectivity index (χ1) is 10.5. The Morgan fingerprint density at radius 3 is 2.86 bits per heavy atom. The molecule has 0 unspecified atom stereocenters. The molecule has 6 nitrogen and oxygen atoms in total. The number of halogens is 1. The summed E-state index contributed by atoms with van der Waals surface area (Å²) in [5.41, 5.74) is 7.62. The Morgan fingerprint density at radius 2 is 2.18 bits per heavy atom. The van der Waals surface area contributed by atoms with Crippen LogP contribution >= 0.6 is 11.6 Å². The number of aliphatic hydroxyl groups excluding tert-OH is 1. The maximum absolute atomic E-state index is 12.4. The molecule has 0 aliphatic carbocycles. The number of aliphatic hydroxyl groups is 1. The number of fused-ring (bicyclic) bond motifs is 1. The van der Waals surface area contributed by atoms with Crippen LogP contribution in [0.15, 0.2) is 35.3 Å². The van der Waals surface area contributed by atoms with Gasteiger partial charge in [0.25, 0.3) is 0 Å². The number of benzene rings is 1. The van der Waals surface area contributed by atoms with Gasteiger partial charge in [0.1, 0.15) is 5.82 Å². The standard InChI is InChI=1S/C15H13ClN4O2/c1-8-11(3-2-4-18-8)20-12-6-10(16)5-9(7-21)13(12)14(17)19-15(20)22/h2-6,21H,7H2,1H3,(H2,17,19,22). The van der Waals surface area contributed by atoms with Gasteiger partial charge in [0, 0.05) is 16.6 Å². The molecule has 0 aliphatic rings. The minimum Gasteiger partial charge on any atom is -0.392 e. The highest BCUT2D eigenvalue weighted by Gasteiger charge is 2.15. The minimum absolute atomic E-state index is 0.0681. The van der Waals surface area contributed by atoms with E-state index in [2.05, 4.69) is 9.97 Å². The number of aryl methyl sites for hydroxylation is 1. The molecule has 0 aliphatic heterocycles. The van der Waals surface area contributed by atoms with Crippen molar-refractivity contribution < 1.29 is 5.11 Å². The van der Waals surface area contributed by atoms with E-state index in [0.29, 0.717) is 32.9 Å². The zero-order valence-electron chi connectivity index (χ0n) is 11.7. The van der Waals surface area contributed by atoms with Crippen LogP contribution in [0.3, 0.4) is 0 Å². The molecule has 3 N–H and O–H groups in total. The van der Waals surface area contributed by atoms with E-state index in [4.69, 9.17) is 17.3 Å². The van der Waals surface area contributed by atoms with Crippen LogP contribution in [0.25, 0.3) is 16.6 Å². The van der Waals surface area contributed by atoms with Crippen molar-refractivity contribution in [2.75, 3.05) is 5.73 Å². The Hall–Kier alpha value is -2.44. The average Bonchev–Trinajstić information content (AvgIpc) is 2.47. The molecule has 3 rings (SSSR count). The van der Waals surface area contributed by atoms with E-state index in [9.17, 15) is 9.90 Å². The van der Waals surface area contributed by atoms with Crippen molar-refractivity contribution in [3.8, 4) is 5.69 Å². The highest BCUT2D eigenvalue weighted by Crippen LogP contribution is 2.28. The van der Waals surface area contributed by atoms with Crippen molar-refractivity contribution in [3.05, 3.63) is 57.2 Å². The Morgan fingerprint density at radius 1 is 1.41 bits per heavy atom. The zero-order valence-corrected chi connectivity index (χ0v) is 12.5. The number of nitrogens with zero attached hydrogens (tertiary/aromatic N) is 3. The van der Waals surface area contributed by atoms with E-state index in [0.717, 1.165) is 0 Å². The van der Waals surface area contributed by atoms with Crippen molar-refractivity contribution in [3.63, 3.8) is 0 Å². The molecule has 3 aromatic rings. The fourth-order valence-corrected chi connectivity index (χ4v) is 2.74. The summed E-state index contributed by atoms with van der Waals surface area (Å²) in [6.07, 6.45) is 1.64. The molecule has 22 heavy (non-hydrogen) atoms. The fraction of sp³-hybridized carbons (Fsp3) is 0.133. The molecule has 0 radical (unpaired) electrons. The Bertz CT molecular complexity index is 937. The third-order valence-electron chi connectivity index (χ3n) is 3.46. The van der Waals surface area contributed by atoms with Gasteiger partial charge in [-0.05, 0) is 36.8 Å². The SMILES string of the molecule is Cc1ncccc1-n1c(=O)nc(N)c2c(CO)cc(Cl)cc21. The summed E-state index contributed by atoms with van der Waals surface area (Å²) in [5, 5.41) is 10.4. The van der Waals surface area contributed by atoms with Gasteiger partial charge >= 0.3 is 5.69 Å². The summed E-state index contributed by atoms with van der Waals surface area (Å²) >= 11 is 6.10. The lowest BCUT2D eigenvalue weighted by Gasteiger charge is -2.15. The summed E-state index contributed by atoms with van der Waals surface area (Å²) in [7, 11) is 0. The van der Waals surface area contributed by atoms with Gasteiger partial charge in [-0.25, -0.2) is 4.79 Å². The quantitative estimate of drug-likeness (QED) is 0.752. The number of anilines is 1. The van der Waals surface area contributed by atoms with Crippen LogP contribution in [0.5, 0.6) is 0 Å². The van der Waals surface area contributed by atoms with Gasteiger partial charge < -0.3 is 10.8 Å². The van der Waals surface area contributed by atoms with Gasteiger partial charge in [0.15, 0.2) is 0 Å². The number of pyridine rings is 1. The first-order valence-electron chi connectivity index (χ1n) is 6.56. The second-order valence-corrected chi connectivity index (χ2v) is 5.28.